The van der Waals surface area contributed by atoms with Crippen LogP contribution in [0.3, 0.4) is 0 Å². The zero-order valence-electron chi connectivity index (χ0n) is 25.1. The summed E-state index contributed by atoms with van der Waals surface area (Å²) < 4.78 is 0. The molecule has 0 unspecified atom stereocenters. The number of likely N-dealkylation sites (N-methyl/N-ethyl adjacent to an activating group) is 1. The molecule has 1 aliphatic heterocycles. The van der Waals surface area contributed by atoms with Crippen molar-refractivity contribution >= 4 is 28.6 Å². The number of amides is 1. The van der Waals surface area contributed by atoms with E-state index in [1.165, 1.54) is 11.1 Å². The summed E-state index contributed by atoms with van der Waals surface area (Å²) in [6, 6.07) is 13.9. The summed E-state index contributed by atoms with van der Waals surface area (Å²) in [6.45, 7) is 8.11. The van der Waals surface area contributed by atoms with Crippen molar-refractivity contribution in [1.29, 1.82) is 0 Å². The van der Waals surface area contributed by atoms with Gasteiger partial charge in [0.05, 0.1) is 29.0 Å². The van der Waals surface area contributed by atoms with Crippen molar-refractivity contribution in [3.8, 4) is 0 Å². The number of fused-ring (bicyclic) bond motifs is 2. The van der Waals surface area contributed by atoms with Gasteiger partial charge in [0.1, 0.15) is 0 Å². The number of aryl methyl sites for hydroxylation is 1. The lowest BCUT2D eigenvalue weighted by atomic mass is 10.0. The second-order valence-corrected chi connectivity index (χ2v) is 10.7. The first-order chi connectivity index (χ1) is 20.4. The van der Waals surface area contributed by atoms with Crippen molar-refractivity contribution < 1.29 is 15.0 Å². The predicted molar refractivity (Wildman–Crippen MR) is 170 cm³/mol. The summed E-state index contributed by atoms with van der Waals surface area (Å²) in [7, 11) is 0. The molecule has 42 heavy (non-hydrogen) atoms. The van der Waals surface area contributed by atoms with Gasteiger partial charge in [-0.3, -0.25) is 4.79 Å². The molecule has 1 aliphatic rings. The fourth-order valence-corrected chi connectivity index (χ4v) is 5.19. The van der Waals surface area contributed by atoms with E-state index in [1.807, 2.05) is 42.2 Å². The highest BCUT2D eigenvalue weighted by Gasteiger charge is 2.19. The zero-order chi connectivity index (χ0) is 29.9. The highest BCUT2D eigenvalue weighted by Crippen LogP contribution is 2.25. The van der Waals surface area contributed by atoms with Gasteiger partial charge in [-0.15, -0.1) is 0 Å². The van der Waals surface area contributed by atoms with Crippen LogP contribution in [0.15, 0.2) is 66.4 Å². The summed E-state index contributed by atoms with van der Waals surface area (Å²) in [4.78, 5) is 25.6. The molecule has 0 saturated carbocycles. The number of unbranched alkanes of at least 4 members (excludes halogenated alkanes) is 2. The molecular formula is C35H44N4O3. The minimum Gasteiger partial charge on any atom is -0.383 e. The molecule has 7 heteroatoms. The highest BCUT2D eigenvalue weighted by molar-refractivity contribution is 5.97. The number of aliphatic hydroxyl groups excluding tert-OH is 1. The van der Waals surface area contributed by atoms with Crippen molar-refractivity contribution in [3.05, 3.63) is 94.5 Å². The molecule has 2 aromatic carbocycles. The maximum absolute atomic E-state index is 13.7. The van der Waals surface area contributed by atoms with Gasteiger partial charge < -0.3 is 20.4 Å². The lowest BCUT2D eigenvalue weighted by Gasteiger charge is -2.26. The molecule has 1 amide bonds. The van der Waals surface area contributed by atoms with Crippen molar-refractivity contribution in [1.82, 2.24) is 20.2 Å². The van der Waals surface area contributed by atoms with Crippen LogP contribution in [0.25, 0.3) is 22.7 Å². The van der Waals surface area contributed by atoms with Crippen molar-refractivity contribution in [3.63, 3.8) is 0 Å². The van der Waals surface area contributed by atoms with E-state index >= 15 is 0 Å². The largest absolute Gasteiger partial charge is 0.383 e. The Bertz CT molecular complexity index is 1460. The number of hydrogen-bond donors (Lipinski definition) is 3. The van der Waals surface area contributed by atoms with E-state index in [9.17, 15) is 15.0 Å². The van der Waals surface area contributed by atoms with Crippen molar-refractivity contribution in [2.75, 3.05) is 13.1 Å². The standard InChI is InChI=1S/C35H44N4O3/c1-4-7-8-14-25(13-5-2)34-31(17-11-12-18-33(40)41)37-32-22-27(19-20-30(32)38-34)35(42)39(6-3)24-29-21-26-15-9-10-16-28(26)23-36-29/h8-10,13-16,19-22,33,36,40-41H,4-7,11-12,17-18,23-24H2,1-3H3/b14-8-,25-13+. The van der Waals surface area contributed by atoms with E-state index in [0.717, 1.165) is 60.4 Å². The molecule has 0 saturated heterocycles. The van der Waals surface area contributed by atoms with Crippen LogP contribution in [0.5, 0.6) is 0 Å². The Morgan fingerprint density at radius 3 is 2.67 bits per heavy atom. The first-order valence-electron chi connectivity index (χ1n) is 15.3. The molecule has 0 atom stereocenters. The number of carbonyl (C=O) groups excluding carboxylic acids is 1. The number of nitrogens with zero attached hydrogens (tertiary/aromatic N) is 3. The summed E-state index contributed by atoms with van der Waals surface area (Å²) in [6.07, 6.45) is 12.7. The third-order valence-corrected chi connectivity index (χ3v) is 7.48. The molecule has 0 bridgehead atoms. The van der Waals surface area contributed by atoms with Gasteiger partial charge in [0.2, 0.25) is 0 Å². The average molecular weight is 569 g/mol. The minimum absolute atomic E-state index is 0.0422. The molecule has 3 aromatic rings. The topological polar surface area (TPSA) is 98.6 Å². The smallest absolute Gasteiger partial charge is 0.254 e. The number of allylic oxidation sites excluding steroid dienone is 4. The van der Waals surface area contributed by atoms with Crippen molar-refractivity contribution in [2.45, 2.75) is 78.6 Å². The van der Waals surface area contributed by atoms with E-state index in [4.69, 9.17) is 9.97 Å². The van der Waals surface area contributed by atoms with Gasteiger partial charge in [-0.2, -0.15) is 0 Å². The molecule has 7 nitrogen and oxygen atoms in total. The number of carbonyl (C=O) groups is 1. The summed E-state index contributed by atoms with van der Waals surface area (Å²) in [5.41, 5.74) is 8.26. The molecule has 0 spiro atoms. The number of nitrogens with one attached hydrogen (secondary N) is 1. The Labute approximate surface area is 249 Å². The Morgan fingerprint density at radius 1 is 1.07 bits per heavy atom. The summed E-state index contributed by atoms with van der Waals surface area (Å²) >= 11 is 0. The van der Waals surface area contributed by atoms with E-state index in [1.54, 1.807) is 0 Å². The van der Waals surface area contributed by atoms with Crippen LogP contribution in [0.1, 0.15) is 92.2 Å². The van der Waals surface area contributed by atoms with E-state index in [2.05, 4.69) is 55.6 Å². The van der Waals surface area contributed by atoms with Gasteiger partial charge in [-0.25, -0.2) is 9.97 Å². The average Bonchev–Trinajstić information content (AvgIpc) is 3.00. The van der Waals surface area contributed by atoms with Gasteiger partial charge in [-0.1, -0.05) is 62.8 Å². The Balaban J connectivity index is 1.63. The molecule has 3 N–H and O–H groups in total. The molecule has 1 aromatic heterocycles. The number of aliphatic hydroxyl groups is 2. The predicted octanol–water partition coefficient (Wildman–Crippen LogP) is 6.41. The minimum atomic E-state index is -1.30. The van der Waals surface area contributed by atoms with E-state index in [0.29, 0.717) is 43.4 Å². The third-order valence-electron chi connectivity index (χ3n) is 7.48. The molecule has 222 valence electrons. The Hall–Kier alpha value is -3.81. The van der Waals surface area contributed by atoms with E-state index < -0.39 is 6.29 Å². The number of rotatable bonds is 14. The maximum Gasteiger partial charge on any atom is 0.254 e. The van der Waals surface area contributed by atoms with E-state index in [-0.39, 0.29) is 5.91 Å². The zero-order valence-corrected chi connectivity index (χ0v) is 25.1. The van der Waals surface area contributed by atoms with Crippen LogP contribution in [-0.4, -0.2) is 50.4 Å². The van der Waals surface area contributed by atoms with Gasteiger partial charge in [0.25, 0.3) is 5.91 Å². The third kappa shape index (κ3) is 8.14. The summed E-state index contributed by atoms with van der Waals surface area (Å²) in [5.74, 6) is -0.0422. The Morgan fingerprint density at radius 2 is 1.90 bits per heavy atom. The molecule has 4 rings (SSSR count). The Kier molecular flexibility index (Phi) is 11.4. The lowest BCUT2D eigenvalue weighted by molar-refractivity contribution is -0.0465. The van der Waals surface area contributed by atoms with Gasteiger partial charge in [0, 0.05) is 24.4 Å². The normalized spacial score (nSPS) is 13.4. The van der Waals surface area contributed by atoms with Crippen LogP contribution in [-0.2, 0) is 13.0 Å². The lowest BCUT2D eigenvalue weighted by Crippen LogP contribution is -2.36. The number of hydrogen-bond acceptors (Lipinski definition) is 6. The quantitative estimate of drug-likeness (QED) is 0.118. The van der Waals surface area contributed by atoms with Gasteiger partial charge >= 0.3 is 0 Å². The van der Waals surface area contributed by atoms with Crippen LogP contribution >= 0.6 is 0 Å². The first kappa shape index (κ1) is 31.1. The molecule has 0 fully saturated rings. The van der Waals surface area contributed by atoms with Crippen LogP contribution in [0, 0.1) is 0 Å². The van der Waals surface area contributed by atoms with Gasteiger partial charge in [-0.05, 0) is 86.4 Å². The van der Waals surface area contributed by atoms with Crippen molar-refractivity contribution in [2.24, 2.45) is 0 Å². The van der Waals surface area contributed by atoms with Gasteiger partial charge in [0.15, 0.2) is 6.29 Å². The number of aromatic nitrogens is 2. The fourth-order valence-electron chi connectivity index (χ4n) is 5.19. The molecule has 2 heterocycles. The molecule has 0 aliphatic carbocycles. The second kappa shape index (κ2) is 15.4. The second-order valence-electron chi connectivity index (χ2n) is 10.7. The number of benzene rings is 2. The van der Waals surface area contributed by atoms with Crippen LogP contribution in [0.2, 0.25) is 0 Å². The monoisotopic (exact) mass is 568 g/mol. The first-order valence-corrected chi connectivity index (χ1v) is 15.3. The SMILES string of the molecule is CC/C=C(\C=C/CCC)c1nc2ccc(C(=O)N(CC)CC3=Cc4ccccc4CN3)cc2nc1CCCCC(O)O. The molecule has 0 radical (unpaired) electrons. The summed E-state index contributed by atoms with van der Waals surface area (Å²) in [5, 5.41) is 22.0. The van der Waals surface area contributed by atoms with Crippen LogP contribution in [0.4, 0.5) is 0 Å². The highest BCUT2D eigenvalue weighted by atomic mass is 16.5. The maximum atomic E-state index is 13.7. The fraction of sp³-hybridized carbons (Fsp3) is 0.400. The molecular weight excluding hydrogens is 524 g/mol. The van der Waals surface area contributed by atoms with Crippen LogP contribution < -0.4 is 5.32 Å².